The minimum absolute atomic E-state index is 0.718. The van der Waals surface area contributed by atoms with Crippen LogP contribution in [0.4, 0.5) is 0 Å². The Morgan fingerprint density at radius 3 is 2.63 bits per heavy atom. The number of aromatic nitrogens is 3. The van der Waals surface area contributed by atoms with E-state index in [4.69, 9.17) is 11.6 Å². The van der Waals surface area contributed by atoms with E-state index in [2.05, 4.69) is 10.1 Å². The maximum atomic E-state index is 6.03. The number of nitrogens with zero attached hydrogens (tertiary/aromatic N) is 3. The van der Waals surface area contributed by atoms with E-state index in [1.54, 1.807) is 12.4 Å². The Morgan fingerprint density at radius 2 is 1.89 bits per heavy atom. The van der Waals surface area contributed by atoms with Crippen LogP contribution in [0.25, 0.3) is 16.9 Å². The van der Waals surface area contributed by atoms with Crippen LogP contribution in [0.15, 0.2) is 55.0 Å². The van der Waals surface area contributed by atoms with E-state index in [0.717, 1.165) is 27.5 Å². The molecule has 0 bridgehead atoms. The molecular formula is C15H12ClN3. The molecule has 0 saturated heterocycles. The van der Waals surface area contributed by atoms with E-state index in [0.29, 0.717) is 0 Å². The highest BCUT2D eigenvalue weighted by molar-refractivity contribution is 6.30. The standard InChI is InChI=1S/C15H12ClN3/c1-11-10-19(14-5-7-17-8-6-14)18-15(11)12-3-2-4-13(16)9-12/h2-10H,1H3. The Morgan fingerprint density at radius 1 is 1.11 bits per heavy atom. The molecule has 94 valence electrons. The van der Waals surface area contributed by atoms with Crippen LogP contribution in [0.3, 0.4) is 0 Å². The van der Waals surface area contributed by atoms with Crippen molar-refractivity contribution in [2.45, 2.75) is 6.92 Å². The number of hydrogen-bond acceptors (Lipinski definition) is 2. The summed E-state index contributed by atoms with van der Waals surface area (Å²) < 4.78 is 1.85. The molecule has 0 aliphatic heterocycles. The SMILES string of the molecule is Cc1cn(-c2ccncc2)nc1-c1cccc(Cl)c1. The number of aryl methyl sites for hydroxylation is 1. The highest BCUT2D eigenvalue weighted by atomic mass is 35.5. The van der Waals surface area contributed by atoms with Gasteiger partial charge in [-0.1, -0.05) is 23.7 Å². The molecule has 0 spiro atoms. The van der Waals surface area contributed by atoms with E-state index in [1.165, 1.54) is 0 Å². The average Bonchev–Trinajstić information content (AvgIpc) is 2.82. The summed E-state index contributed by atoms with van der Waals surface area (Å²) in [5, 5.41) is 5.34. The Balaban J connectivity index is 2.08. The van der Waals surface area contributed by atoms with Crippen molar-refractivity contribution in [1.82, 2.24) is 14.8 Å². The van der Waals surface area contributed by atoms with Crippen molar-refractivity contribution in [2.75, 3.05) is 0 Å². The Bertz CT molecular complexity index is 704. The lowest BCUT2D eigenvalue weighted by Crippen LogP contribution is -1.94. The van der Waals surface area contributed by atoms with Crippen LogP contribution in [-0.2, 0) is 0 Å². The van der Waals surface area contributed by atoms with E-state index in [9.17, 15) is 0 Å². The van der Waals surface area contributed by atoms with E-state index in [-0.39, 0.29) is 0 Å². The third kappa shape index (κ3) is 2.37. The van der Waals surface area contributed by atoms with Gasteiger partial charge in [0.05, 0.1) is 11.4 Å². The lowest BCUT2D eigenvalue weighted by molar-refractivity contribution is 0.881. The second-order valence-corrected chi connectivity index (χ2v) is 4.76. The van der Waals surface area contributed by atoms with Gasteiger partial charge in [-0.2, -0.15) is 5.10 Å². The normalized spacial score (nSPS) is 10.6. The summed E-state index contributed by atoms with van der Waals surface area (Å²) >= 11 is 6.03. The predicted molar refractivity (Wildman–Crippen MR) is 76.5 cm³/mol. The van der Waals surface area contributed by atoms with Crippen LogP contribution >= 0.6 is 11.6 Å². The smallest absolute Gasteiger partial charge is 0.0957 e. The predicted octanol–water partition coefficient (Wildman–Crippen LogP) is 3.90. The molecular weight excluding hydrogens is 258 g/mol. The number of hydrogen-bond donors (Lipinski definition) is 0. The van der Waals surface area contributed by atoms with Crippen LogP contribution in [0, 0.1) is 6.92 Å². The van der Waals surface area contributed by atoms with Crippen LogP contribution in [-0.4, -0.2) is 14.8 Å². The van der Waals surface area contributed by atoms with Gasteiger partial charge in [0.15, 0.2) is 0 Å². The van der Waals surface area contributed by atoms with Gasteiger partial charge in [0.2, 0.25) is 0 Å². The van der Waals surface area contributed by atoms with Crippen molar-refractivity contribution < 1.29 is 0 Å². The first-order chi connectivity index (χ1) is 9.24. The maximum Gasteiger partial charge on any atom is 0.0957 e. The zero-order valence-corrected chi connectivity index (χ0v) is 11.2. The largest absolute Gasteiger partial charge is 0.265 e. The lowest BCUT2D eigenvalue weighted by Gasteiger charge is -2.00. The minimum atomic E-state index is 0.718. The van der Waals surface area contributed by atoms with Gasteiger partial charge in [0.25, 0.3) is 0 Å². The Labute approximate surface area is 116 Å². The Kier molecular flexibility index (Phi) is 3.05. The van der Waals surface area contributed by atoms with Gasteiger partial charge in [-0.3, -0.25) is 4.98 Å². The van der Waals surface area contributed by atoms with Crippen molar-refractivity contribution in [2.24, 2.45) is 0 Å². The van der Waals surface area contributed by atoms with Crippen LogP contribution in [0.1, 0.15) is 5.56 Å². The zero-order chi connectivity index (χ0) is 13.2. The first kappa shape index (κ1) is 11.9. The first-order valence-corrected chi connectivity index (χ1v) is 6.34. The fraction of sp³-hybridized carbons (Fsp3) is 0.0667. The van der Waals surface area contributed by atoms with Gasteiger partial charge >= 0.3 is 0 Å². The molecule has 2 aromatic heterocycles. The molecule has 0 N–H and O–H groups in total. The van der Waals surface area contributed by atoms with Crippen LogP contribution in [0.5, 0.6) is 0 Å². The highest BCUT2D eigenvalue weighted by Gasteiger charge is 2.09. The lowest BCUT2D eigenvalue weighted by atomic mass is 10.1. The summed E-state index contributed by atoms with van der Waals surface area (Å²) in [6.07, 6.45) is 5.52. The third-order valence-corrected chi connectivity index (χ3v) is 3.16. The van der Waals surface area contributed by atoms with Gasteiger partial charge in [0.1, 0.15) is 0 Å². The molecule has 0 radical (unpaired) electrons. The zero-order valence-electron chi connectivity index (χ0n) is 10.4. The van der Waals surface area contributed by atoms with Crippen LogP contribution < -0.4 is 0 Å². The molecule has 0 aliphatic rings. The molecule has 3 rings (SSSR count). The first-order valence-electron chi connectivity index (χ1n) is 5.96. The average molecular weight is 270 g/mol. The second-order valence-electron chi connectivity index (χ2n) is 4.32. The fourth-order valence-electron chi connectivity index (χ4n) is 2.01. The van der Waals surface area contributed by atoms with Gasteiger partial charge in [-0.25, -0.2) is 4.68 Å². The molecule has 0 unspecified atom stereocenters. The van der Waals surface area contributed by atoms with E-state index < -0.39 is 0 Å². The molecule has 3 nitrogen and oxygen atoms in total. The van der Waals surface area contributed by atoms with E-state index in [1.807, 2.05) is 54.2 Å². The molecule has 4 heteroatoms. The number of benzene rings is 1. The third-order valence-electron chi connectivity index (χ3n) is 2.92. The van der Waals surface area contributed by atoms with Crippen molar-refractivity contribution >= 4 is 11.6 Å². The van der Waals surface area contributed by atoms with E-state index >= 15 is 0 Å². The number of rotatable bonds is 2. The van der Waals surface area contributed by atoms with Crippen molar-refractivity contribution in [3.8, 4) is 16.9 Å². The maximum absolute atomic E-state index is 6.03. The molecule has 3 aromatic rings. The summed E-state index contributed by atoms with van der Waals surface area (Å²) in [6.45, 7) is 2.04. The molecule has 19 heavy (non-hydrogen) atoms. The summed E-state index contributed by atoms with van der Waals surface area (Å²) in [5.41, 5.74) is 4.07. The quantitative estimate of drug-likeness (QED) is 0.706. The van der Waals surface area contributed by atoms with Crippen molar-refractivity contribution in [1.29, 1.82) is 0 Å². The summed E-state index contributed by atoms with van der Waals surface area (Å²) in [5.74, 6) is 0. The topological polar surface area (TPSA) is 30.7 Å². The van der Waals surface area contributed by atoms with Crippen LogP contribution in [0.2, 0.25) is 5.02 Å². The summed E-state index contributed by atoms with van der Waals surface area (Å²) in [6, 6.07) is 11.6. The van der Waals surface area contributed by atoms with Crippen molar-refractivity contribution in [3.05, 3.63) is 65.6 Å². The molecule has 0 saturated carbocycles. The molecule has 0 amide bonds. The molecule has 0 fully saturated rings. The second kappa shape index (κ2) is 4.86. The summed E-state index contributed by atoms with van der Waals surface area (Å²) in [4.78, 5) is 4.01. The minimum Gasteiger partial charge on any atom is -0.265 e. The number of pyridine rings is 1. The number of halogens is 1. The highest BCUT2D eigenvalue weighted by Crippen LogP contribution is 2.25. The molecule has 1 aromatic carbocycles. The fourth-order valence-corrected chi connectivity index (χ4v) is 2.20. The van der Waals surface area contributed by atoms with Gasteiger partial charge in [-0.15, -0.1) is 0 Å². The van der Waals surface area contributed by atoms with Gasteiger partial charge < -0.3 is 0 Å². The Hall–Kier alpha value is -2.13. The molecule has 0 aliphatic carbocycles. The summed E-state index contributed by atoms with van der Waals surface area (Å²) in [7, 11) is 0. The molecule has 2 heterocycles. The van der Waals surface area contributed by atoms with Gasteiger partial charge in [-0.05, 0) is 36.8 Å². The monoisotopic (exact) mass is 269 g/mol. The molecule has 0 atom stereocenters. The van der Waals surface area contributed by atoms with Crippen molar-refractivity contribution in [3.63, 3.8) is 0 Å². The van der Waals surface area contributed by atoms with Gasteiger partial charge in [0, 0.05) is 29.2 Å².